The Hall–Kier alpha value is -2.46. The molecule has 2 heterocycles. The predicted molar refractivity (Wildman–Crippen MR) is 135 cm³/mol. The molecule has 4 heteroatoms. The Bertz CT molecular complexity index is 1320. The molecule has 0 amide bonds. The quantitative estimate of drug-likeness (QED) is 0.457. The van der Waals surface area contributed by atoms with Gasteiger partial charge in [-0.1, -0.05) is 55.8 Å². The van der Waals surface area contributed by atoms with Crippen LogP contribution in [0.5, 0.6) is 0 Å². The molecule has 0 bridgehead atoms. The normalized spacial score (nSPS) is 36.4. The first kappa shape index (κ1) is 20.9. The Morgan fingerprint density at radius 3 is 2.62 bits per heavy atom. The zero-order valence-corrected chi connectivity index (χ0v) is 20.6. The van der Waals surface area contributed by atoms with Crippen LogP contribution >= 0.6 is 0 Å². The molecule has 2 saturated carbocycles. The number of aromatic nitrogens is 3. The summed E-state index contributed by atoms with van der Waals surface area (Å²) in [6.45, 7) is 7.25. The molecule has 0 radical (unpaired) electrons. The van der Waals surface area contributed by atoms with Crippen molar-refractivity contribution in [1.82, 2.24) is 14.6 Å². The Morgan fingerprint density at radius 2 is 1.79 bits per heavy atom. The fraction of sp³-hybridized carbons (Fsp3) is 0.533. The van der Waals surface area contributed by atoms with Crippen molar-refractivity contribution in [3.8, 4) is 11.3 Å². The topological polar surface area (TPSA) is 50.4 Å². The third-order valence-electron chi connectivity index (χ3n) is 10.4. The SMILES string of the molecule is Cc1nc2cc(-c3ccccc3)nn2c2c1[C@@]1(C)CC[C@H]3[C@@H](CC=C4C[C@@H](O)CC[C@@]43C)[C@@H]1C2. The van der Waals surface area contributed by atoms with Gasteiger partial charge in [-0.25, -0.2) is 9.50 Å². The lowest BCUT2D eigenvalue weighted by Crippen LogP contribution is -2.51. The van der Waals surface area contributed by atoms with E-state index in [-0.39, 0.29) is 16.9 Å². The molecule has 7 rings (SSSR count). The molecule has 4 nitrogen and oxygen atoms in total. The van der Waals surface area contributed by atoms with E-state index in [1.807, 2.05) is 0 Å². The maximum absolute atomic E-state index is 10.3. The van der Waals surface area contributed by atoms with Crippen LogP contribution in [0.1, 0.15) is 69.3 Å². The van der Waals surface area contributed by atoms with Crippen LogP contribution in [-0.2, 0) is 11.8 Å². The average Bonchev–Trinajstić information content (AvgIpc) is 3.39. The number of nitrogens with zero attached hydrogens (tertiary/aromatic N) is 3. The number of aryl methyl sites for hydroxylation is 1. The first-order valence-electron chi connectivity index (χ1n) is 13.2. The Kier molecular flexibility index (Phi) is 4.32. The third kappa shape index (κ3) is 2.69. The van der Waals surface area contributed by atoms with Crippen LogP contribution in [0.25, 0.3) is 16.9 Å². The summed E-state index contributed by atoms with van der Waals surface area (Å²) in [5.74, 6) is 2.07. The molecule has 2 fully saturated rings. The second-order valence-electron chi connectivity index (χ2n) is 12.0. The first-order chi connectivity index (χ1) is 16.4. The van der Waals surface area contributed by atoms with E-state index in [2.05, 4.69) is 67.8 Å². The molecule has 0 unspecified atom stereocenters. The van der Waals surface area contributed by atoms with Crippen LogP contribution in [-0.4, -0.2) is 25.8 Å². The maximum atomic E-state index is 10.3. The molecule has 0 saturated heterocycles. The number of fused-ring (bicyclic) bond motifs is 9. The van der Waals surface area contributed by atoms with Gasteiger partial charge in [0.15, 0.2) is 5.65 Å². The van der Waals surface area contributed by atoms with Crippen LogP contribution in [0, 0.1) is 30.1 Å². The number of rotatable bonds is 1. The minimum Gasteiger partial charge on any atom is -0.393 e. The highest BCUT2D eigenvalue weighted by molar-refractivity contribution is 5.65. The van der Waals surface area contributed by atoms with Gasteiger partial charge in [0.05, 0.1) is 17.5 Å². The first-order valence-corrected chi connectivity index (χ1v) is 13.2. The van der Waals surface area contributed by atoms with Crippen molar-refractivity contribution in [1.29, 1.82) is 0 Å². The van der Waals surface area contributed by atoms with Crippen LogP contribution in [0.15, 0.2) is 48.0 Å². The van der Waals surface area contributed by atoms with Crippen LogP contribution in [0.3, 0.4) is 0 Å². The van der Waals surface area contributed by atoms with Gasteiger partial charge < -0.3 is 5.11 Å². The maximum Gasteiger partial charge on any atom is 0.156 e. The molecule has 176 valence electrons. The van der Waals surface area contributed by atoms with Crippen molar-refractivity contribution in [3.63, 3.8) is 0 Å². The van der Waals surface area contributed by atoms with Gasteiger partial charge in [-0.15, -0.1) is 0 Å². The van der Waals surface area contributed by atoms with Gasteiger partial charge in [0.2, 0.25) is 0 Å². The van der Waals surface area contributed by atoms with Crippen molar-refractivity contribution < 1.29 is 5.11 Å². The third-order valence-corrected chi connectivity index (χ3v) is 10.4. The van der Waals surface area contributed by atoms with E-state index in [0.29, 0.717) is 11.8 Å². The molecular weight excluding hydrogens is 418 g/mol. The summed E-state index contributed by atoms with van der Waals surface area (Å²) >= 11 is 0. The lowest BCUT2D eigenvalue weighted by Gasteiger charge is -2.57. The lowest BCUT2D eigenvalue weighted by molar-refractivity contribution is -0.0165. The standard InChI is InChI=1S/C30H35N3O/c1-18-28-26(33-27(31-18)17-25(32-33)19-7-5-4-6-8-19)16-24-22-10-9-20-15-21(34)11-13-29(20,2)23(22)12-14-30(24,28)3/h4-9,17,21-24,34H,10-16H2,1-3H3/t21-,22+,23-,24-,29-,30-/m0/s1. The van der Waals surface area contributed by atoms with Crippen LogP contribution < -0.4 is 0 Å². The fourth-order valence-corrected chi connectivity index (χ4v) is 8.73. The molecule has 4 aliphatic carbocycles. The number of allylic oxidation sites excluding steroid dienone is 1. The largest absolute Gasteiger partial charge is 0.393 e. The summed E-state index contributed by atoms with van der Waals surface area (Å²) in [6.07, 6.45) is 10.2. The Balaban J connectivity index is 1.32. The van der Waals surface area contributed by atoms with E-state index >= 15 is 0 Å². The summed E-state index contributed by atoms with van der Waals surface area (Å²) in [5.41, 5.74) is 9.21. The number of hydrogen-bond donors (Lipinski definition) is 1. The molecule has 0 aliphatic heterocycles. The van der Waals surface area contributed by atoms with Gasteiger partial charge >= 0.3 is 0 Å². The van der Waals surface area contributed by atoms with E-state index in [1.54, 1.807) is 5.57 Å². The fourth-order valence-electron chi connectivity index (χ4n) is 8.73. The average molecular weight is 454 g/mol. The number of aliphatic hydroxyl groups is 1. The summed E-state index contributed by atoms with van der Waals surface area (Å²) < 4.78 is 2.17. The van der Waals surface area contributed by atoms with Gasteiger partial charge in [-0.3, -0.25) is 0 Å². The van der Waals surface area contributed by atoms with E-state index in [9.17, 15) is 5.11 Å². The molecule has 1 aromatic carbocycles. The summed E-state index contributed by atoms with van der Waals surface area (Å²) in [4.78, 5) is 5.08. The molecule has 3 aromatic rings. The molecule has 0 spiro atoms. The highest BCUT2D eigenvalue weighted by Gasteiger charge is 2.58. The van der Waals surface area contributed by atoms with E-state index in [0.717, 1.165) is 48.5 Å². The van der Waals surface area contributed by atoms with E-state index in [4.69, 9.17) is 10.1 Å². The highest BCUT2D eigenvalue weighted by Crippen LogP contribution is 2.64. The van der Waals surface area contributed by atoms with Gasteiger partial charge in [-0.2, -0.15) is 5.10 Å². The smallest absolute Gasteiger partial charge is 0.156 e. The summed E-state index contributed by atoms with van der Waals surface area (Å²) in [5, 5.41) is 15.4. The monoisotopic (exact) mass is 453 g/mol. The minimum absolute atomic E-state index is 0.138. The van der Waals surface area contributed by atoms with Crippen molar-refractivity contribution in [2.75, 3.05) is 0 Å². The van der Waals surface area contributed by atoms with Gasteiger partial charge in [0.25, 0.3) is 0 Å². The van der Waals surface area contributed by atoms with Crippen molar-refractivity contribution in [3.05, 3.63) is 65.0 Å². The second kappa shape index (κ2) is 7.04. The molecular formula is C30H35N3O. The number of aliphatic hydroxyl groups excluding tert-OH is 1. The Labute approximate surface area is 202 Å². The van der Waals surface area contributed by atoms with Gasteiger partial charge in [0, 0.05) is 22.9 Å². The van der Waals surface area contributed by atoms with Crippen molar-refractivity contribution in [2.45, 2.75) is 77.2 Å². The summed E-state index contributed by atoms with van der Waals surface area (Å²) in [7, 11) is 0. The molecule has 4 aliphatic rings. The van der Waals surface area contributed by atoms with E-state index < -0.39 is 0 Å². The predicted octanol–water partition coefficient (Wildman–Crippen LogP) is 6.04. The van der Waals surface area contributed by atoms with Gasteiger partial charge in [0.1, 0.15) is 0 Å². The molecule has 6 atom stereocenters. The Morgan fingerprint density at radius 1 is 1.00 bits per heavy atom. The zero-order chi connectivity index (χ0) is 23.2. The number of hydrogen-bond acceptors (Lipinski definition) is 3. The molecule has 1 N–H and O–H groups in total. The minimum atomic E-state index is -0.138. The van der Waals surface area contributed by atoms with Gasteiger partial charge in [-0.05, 0) is 80.5 Å². The number of benzene rings is 1. The molecule has 2 aromatic heterocycles. The van der Waals surface area contributed by atoms with Crippen molar-refractivity contribution >= 4 is 5.65 Å². The zero-order valence-electron chi connectivity index (χ0n) is 20.6. The highest BCUT2D eigenvalue weighted by atomic mass is 16.3. The van der Waals surface area contributed by atoms with E-state index in [1.165, 1.54) is 36.2 Å². The molecule has 34 heavy (non-hydrogen) atoms. The lowest BCUT2D eigenvalue weighted by atomic mass is 9.47. The van der Waals surface area contributed by atoms with Crippen LogP contribution in [0.2, 0.25) is 0 Å². The van der Waals surface area contributed by atoms with Crippen LogP contribution in [0.4, 0.5) is 0 Å². The van der Waals surface area contributed by atoms with Crippen molar-refractivity contribution in [2.24, 2.45) is 23.2 Å². The summed E-state index contributed by atoms with van der Waals surface area (Å²) in [6, 6.07) is 12.6. The second-order valence-corrected chi connectivity index (χ2v) is 12.0.